The second-order valence-corrected chi connectivity index (χ2v) is 6.44. The summed E-state index contributed by atoms with van der Waals surface area (Å²) in [5.74, 6) is 0.567. The molecule has 0 amide bonds. The van der Waals surface area contributed by atoms with Gasteiger partial charge in [0.25, 0.3) is 0 Å². The smallest absolute Gasteiger partial charge is 0.135 e. The van der Waals surface area contributed by atoms with Crippen molar-refractivity contribution in [2.24, 2.45) is 5.92 Å². The third kappa shape index (κ3) is 3.69. The fraction of sp³-hybridized carbons (Fsp3) is 0.667. The zero-order valence-electron chi connectivity index (χ0n) is 12.0. The molecule has 1 aromatic heterocycles. The number of hydrogen-bond acceptors (Lipinski definition) is 4. The van der Waals surface area contributed by atoms with Gasteiger partial charge in [0.15, 0.2) is 0 Å². The lowest BCUT2D eigenvalue weighted by atomic mass is 9.86. The molecule has 2 saturated heterocycles. The van der Waals surface area contributed by atoms with Gasteiger partial charge in [0, 0.05) is 51.0 Å². The monoisotopic (exact) mass is 329 g/mol. The molecule has 1 atom stereocenters. The molecule has 2 aliphatic heterocycles. The lowest BCUT2D eigenvalue weighted by molar-refractivity contribution is 0.0212. The summed E-state index contributed by atoms with van der Waals surface area (Å²) in [6, 6.07) is 4.20. The molecule has 1 N–H and O–H groups in total. The minimum absolute atomic E-state index is 0.313. The molecular formula is C15H21Cl2N3O. The molecule has 0 spiro atoms. The summed E-state index contributed by atoms with van der Waals surface area (Å²) in [5.41, 5.74) is 1.11. The van der Waals surface area contributed by atoms with Crippen LogP contribution in [0.15, 0.2) is 12.1 Å². The Kier molecular flexibility index (Phi) is 5.35. The van der Waals surface area contributed by atoms with Crippen LogP contribution in [0.3, 0.4) is 0 Å². The van der Waals surface area contributed by atoms with Crippen LogP contribution in [-0.2, 0) is 4.74 Å². The molecule has 4 nitrogen and oxygen atoms in total. The lowest BCUT2D eigenvalue weighted by Gasteiger charge is -2.41. The summed E-state index contributed by atoms with van der Waals surface area (Å²) in [7, 11) is 0. The molecule has 1 aromatic rings. The van der Waals surface area contributed by atoms with Gasteiger partial charge < -0.3 is 10.1 Å². The first-order chi connectivity index (χ1) is 10.3. The van der Waals surface area contributed by atoms with Crippen molar-refractivity contribution in [3.8, 4) is 0 Å². The molecule has 0 radical (unpaired) electrons. The number of piperazine rings is 1. The van der Waals surface area contributed by atoms with Gasteiger partial charge in [-0.1, -0.05) is 29.3 Å². The standard InChI is InChI=1S/C15H21Cl2N3O/c16-13-2-1-12(15(17)19-13)14(11-3-9-21-10-4-11)20-7-5-18-6-8-20/h1-2,11,14,18H,3-10H2/t14-/m1/s1. The van der Waals surface area contributed by atoms with Gasteiger partial charge in [-0.05, 0) is 24.8 Å². The molecule has 6 heteroatoms. The lowest BCUT2D eigenvalue weighted by Crippen LogP contribution is -2.47. The van der Waals surface area contributed by atoms with E-state index in [0.717, 1.165) is 57.8 Å². The number of ether oxygens (including phenoxy) is 1. The Morgan fingerprint density at radius 1 is 1.19 bits per heavy atom. The molecule has 2 fully saturated rings. The van der Waals surface area contributed by atoms with E-state index < -0.39 is 0 Å². The van der Waals surface area contributed by atoms with E-state index in [4.69, 9.17) is 27.9 Å². The third-order valence-electron chi connectivity index (χ3n) is 4.42. The molecule has 0 unspecified atom stereocenters. The van der Waals surface area contributed by atoms with Crippen LogP contribution in [0.1, 0.15) is 24.4 Å². The maximum Gasteiger partial charge on any atom is 0.135 e. The van der Waals surface area contributed by atoms with E-state index in [1.807, 2.05) is 12.1 Å². The molecule has 3 heterocycles. The highest BCUT2D eigenvalue weighted by Crippen LogP contribution is 2.38. The average molecular weight is 330 g/mol. The normalized spacial score (nSPS) is 23.1. The van der Waals surface area contributed by atoms with Gasteiger partial charge >= 0.3 is 0 Å². The Hall–Kier alpha value is -0.390. The topological polar surface area (TPSA) is 37.4 Å². The molecule has 0 aliphatic carbocycles. The van der Waals surface area contributed by atoms with Crippen molar-refractivity contribution in [1.82, 2.24) is 15.2 Å². The van der Waals surface area contributed by atoms with Gasteiger partial charge in [-0.25, -0.2) is 4.98 Å². The van der Waals surface area contributed by atoms with E-state index in [1.165, 1.54) is 0 Å². The van der Waals surface area contributed by atoms with Crippen LogP contribution in [-0.4, -0.2) is 49.3 Å². The van der Waals surface area contributed by atoms with Crippen LogP contribution in [0.5, 0.6) is 0 Å². The highest BCUT2D eigenvalue weighted by molar-refractivity contribution is 6.32. The number of halogens is 2. The summed E-state index contributed by atoms with van der Waals surface area (Å²) in [4.78, 5) is 6.77. The summed E-state index contributed by atoms with van der Waals surface area (Å²) in [6.07, 6.45) is 2.15. The van der Waals surface area contributed by atoms with Gasteiger partial charge in [-0.15, -0.1) is 0 Å². The number of nitrogens with zero attached hydrogens (tertiary/aromatic N) is 2. The first kappa shape index (κ1) is 15.5. The maximum atomic E-state index is 6.39. The first-order valence-corrected chi connectivity index (χ1v) is 8.36. The molecular weight excluding hydrogens is 309 g/mol. The quantitative estimate of drug-likeness (QED) is 0.865. The summed E-state index contributed by atoms with van der Waals surface area (Å²) in [6.45, 7) is 5.82. The Labute approximate surface area is 135 Å². The molecule has 21 heavy (non-hydrogen) atoms. The van der Waals surface area contributed by atoms with Crippen LogP contribution in [0, 0.1) is 5.92 Å². The molecule has 0 bridgehead atoms. The predicted octanol–water partition coefficient (Wildman–Crippen LogP) is 2.76. The zero-order valence-corrected chi connectivity index (χ0v) is 13.5. The van der Waals surface area contributed by atoms with Gasteiger partial charge in [-0.3, -0.25) is 4.90 Å². The van der Waals surface area contributed by atoms with Crippen LogP contribution in [0.2, 0.25) is 10.3 Å². The van der Waals surface area contributed by atoms with Crippen LogP contribution < -0.4 is 5.32 Å². The minimum Gasteiger partial charge on any atom is -0.381 e. The Bertz CT molecular complexity index is 456. The van der Waals surface area contributed by atoms with Crippen molar-refractivity contribution in [2.75, 3.05) is 39.4 Å². The van der Waals surface area contributed by atoms with Crippen molar-refractivity contribution in [1.29, 1.82) is 0 Å². The number of hydrogen-bond donors (Lipinski definition) is 1. The fourth-order valence-corrected chi connectivity index (χ4v) is 3.84. The van der Waals surface area contributed by atoms with Gasteiger partial charge in [0.1, 0.15) is 10.3 Å². The van der Waals surface area contributed by atoms with Crippen LogP contribution >= 0.6 is 23.2 Å². The fourth-order valence-electron chi connectivity index (χ4n) is 3.38. The Morgan fingerprint density at radius 2 is 1.90 bits per heavy atom. The van der Waals surface area contributed by atoms with E-state index in [9.17, 15) is 0 Å². The second-order valence-electron chi connectivity index (χ2n) is 5.69. The van der Waals surface area contributed by atoms with E-state index in [-0.39, 0.29) is 0 Å². The second kappa shape index (κ2) is 7.25. The Balaban J connectivity index is 1.89. The summed E-state index contributed by atoms with van der Waals surface area (Å²) >= 11 is 12.3. The molecule has 3 rings (SSSR count). The summed E-state index contributed by atoms with van der Waals surface area (Å²) in [5, 5.41) is 4.40. The van der Waals surface area contributed by atoms with Crippen molar-refractivity contribution in [3.05, 3.63) is 28.0 Å². The van der Waals surface area contributed by atoms with Crippen LogP contribution in [0.25, 0.3) is 0 Å². The third-order valence-corrected chi connectivity index (χ3v) is 4.93. The van der Waals surface area contributed by atoms with Crippen molar-refractivity contribution in [3.63, 3.8) is 0 Å². The molecule has 0 saturated carbocycles. The van der Waals surface area contributed by atoms with E-state index in [2.05, 4.69) is 15.2 Å². The zero-order chi connectivity index (χ0) is 14.7. The molecule has 116 valence electrons. The van der Waals surface area contributed by atoms with Gasteiger partial charge in [0.2, 0.25) is 0 Å². The van der Waals surface area contributed by atoms with Gasteiger partial charge in [0.05, 0.1) is 0 Å². The minimum atomic E-state index is 0.313. The maximum absolute atomic E-state index is 6.39. The number of rotatable bonds is 3. The van der Waals surface area contributed by atoms with Crippen molar-refractivity contribution in [2.45, 2.75) is 18.9 Å². The number of nitrogens with one attached hydrogen (secondary N) is 1. The first-order valence-electron chi connectivity index (χ1n) is 7.60. The predicted molar refractivity (Wildman–Crippen MR) is 85.0 cm³/mol. The molecule has 0 aromatic carbocycles. The van der Waals surface area contributed by atoms with Crippen molar-refractivity contribution < 1.29 is 4.74 Å². The molecule has 2 aliphatic rings. The van der Waals surface area contributed by atoms with E-state index in [1.54, 1.807) is 0 Å². The van der Waals surface area contributed by atoms with E-state index in [0.29, 0.717) is 22.3 Å². The highest BCUT2D eigenvalue weighted by Gasteiger charge is 2.32. The summed E-state index contributed by atoms with van der Waals surface area (Å²) < 4.78 is 5.52. The van der Waals surface area contributed by atoms with E-state index >= 15 is 0 Å². The largest absolute Gasteiger partial charge is 0.381 e. The van der Waals surface area contributed by atoms with Crippen LogP contribution in [0.4, 0.5) is 0 Å². The number of aromatic nitrogens is 1. The van der Waals surface area contributed by atoms with Gasteiger partial charge in [-0.2, -0.15) is 0 Å². The number of pyridine rings is 1. The Morgan fingerprint density at radius 3 is 2.57 bits per heavy atom. The average Bonchev–Trinajstić information content (AvgIpc) is 2.52. The SMILES string of the molecule is Clc1ccc([C@@H](C2CCOCC2)N2CCNCC2)c(Cl)n1. The van der Waals surface area contributed by atoms with Crippen molar-refractivity contribution >= 4 is 23.2 Å². The highest BCUT2D eigenvalue weighted by atomic mass is 35.5.